The number of nitrogens with one attached hydrogen (secondary N) is 2. The largest absolute Gasteiger partial charge is 0.457 e. The number of hydrogen-bond acceptors (Lipinski definition) is 3. The summed E-state index contributed by atoms with van der Waals surface area (Å²) in [5.41, 5.74) is 4.35. The molecule has 0 amide bonds. The molecule has 0 aliphatic heterocycles. The quantitative estimate of drug-likeness (QED) is 0.575. The van der Waals surface area contributed by atoms with Gasteiger partial charge in [-0.05, 0) is 50.2 Å². The lowest BCUT2D eigenvalue weighted by Crippen LogP contribution is -2.10. The highest BCUT2D eigenvalue weighted by Gasteiger charge is 2.18. The maximum absolute atomic E-state index is 12.5. The van der Waals surface area contributed by atoms with E-state index in [0.717, 1.165) is 35.1 Å². The summed E-state index contributed by atoms with van der Waals surface area (Å²) in [7, 11) is 1.93. The third-order valence-electron chi connectivity index (χ3n) is 3.88. The van der Waals surface area contributed by atoms with E-state index in [1.54, 1.807) is 18.2 Å². The Balaban J connectivity index is 2.27. The molecule has 0 unspecified atom stereocenters. The molecule has 0 spiro atoms. The molecule has 4 nitrogen and oxygen atoms in total. The Morgan fingerprint density at radius 1 is 1.38 bits per heavy atom. The first kappa shape index (κ1) is 17.8. The Hall–Kier alpha value is -2.59. The maximum Gasteiger partial charge on any atom is 0.340 e. The van der Waals surface area contributed by atoms with Gasteiger partial charge in [0.2, 0.25) is 0 Å². The fourth-order valence-electron chi connectivity index (χ4n) is 2.61. The van der Waals surface area contributed by atoms with Gasteiger partial charge in [0.15, 0.2) is 0 Å². The van der Waals surface area contributed by atoms with Crippen LogP contribution in [0, 0.1) is 6.92 Å². The minimum absolute atomic E-state index is 0.180. The van der Waals surface area contributed by atoms with Crippen molar-refractivity contribution in [3.8, 4) is 0 Å². The van der Waals surface area contributed by atoms with E-state index in [1.807, 2.05) is 20.0 Å². The number of aryl methyl sites for hydroxylation is 1. The van der Waals surface area contributed by atoms with Gasteiger partial charge in [-0.1, -0.05) is 37.5 Å². The molecule has 0 atom stereocenters. The monoisotopic (exact) mass is 324 g/mol. The van der Waals surface area contributed by atoms with Gasteiger partial charge in [-0.2, -0.15) is 0 Å². The number of rotatable bonds is 8. The van der Waals surface area contributed by atoms with Crippen LogP contribution in [-0.4, -0.2) is 31.2 Å². The van der Waals surface area contributed by atoms with E-state index >= 15 is 0 Å². The highest BCUT2D eigenvalue weighted by atomic mass is 16.5. The zero-order valence-corrected chi connectivity index (χ0v) is 14.3. The van der Waals surface area contributed by atoms with Crippen molar-refractivity contribution >= 4 is 16.9 Å². The van der Waals surface area contributed by atoms with Crippen LogP contribution in [0.2, 0.25) is 0 Å². The van der Waals surface area contributed by atoms with E-state index in [-0.39, 0.29) is 12.6 Å². The van der Waals surface area contributed by atoms with Crippen LogP contribution in [0.1, 0.15) is 21.6 Å². The number of esters is 1. The van der Waals surface area contributed by atoms with Crippen LogP contribution in [-0.2, 0) is 11.2 Å². The number of H-pyrrole nitrogens is 1. The molecule has 0 aliphatic carbocycles. The van der Waals surface area contributed by atoms with Gasteiger partial charge in [0, 0.05) is 16.6 Å². The third-order valence-corrected chi connectivity index (χ3v) is 3.88. The van der Waals surface area contributed by atoms with Crippen LogP contribution in [0.25, 0.3) is 10.9 Å². The van der Waals surface area contributed by atoms with Crippen molar-refractivity contribution in [1.82, 2.24) is 10.3 Å². The molecular weight excluding hydrogens is 300 g/mol. The number of benzene rings is 1. The summed E-state index contributed by atoms with van der Waals surface area (Å²) in [6.07, 6.45) is 5.99. The van der Waals surface area contributed by atoms with Crippen LogP contribution >= 0.6 is 0 Å². The SMILES string of the molecule is C=C/C=C(\C=C)COC(=O)c1c(C)[nH]c2ccc(CCNC)cc12. The van der Waals surface area contributed by atoms with Crippen LogP contribution in [0.5, 0.6) is 0 Å². The molecule has 2 aromatic rings. The zero-order valence-electron chi connectivity index (χ0n) is 14.3. The van der Waals surface area contributed by atoms with Crippen molar-refractivity contribution in [2.75, 3.05) is 20.2 Å². The van der Waals surface area contributed by atoms with Crippen molar-refractivity contribution in [2.45, 2.75) is 13.3 Å². The molecular formula is C20H24N2O2. The molecule has 1 aromatic heterocycles. The molecule has 1 heterocycles. The predicted octanol–water partition coefficient (Wildman–Crippen LogP) is 3.69. The molecule has 0 radical (unpaired) electrons. The average molecular weight is 324 g/mol. The van der Waals surface area contributed by atoms with Gasteiger partial charge >= 0.3 is 5.97 Å². The van der Waals surface area contributed by atoms with Crippen LogP contribution in [0.4, 0.5) is 0 Å². The standard InChI is InChI=1S/C20H24N2O2/c1-5-7-15(6-2)13-24-20(23)19-14(3)22-18-9-8-16(10-11-21-4)12-17(18)19/h5-9,12,21-22H,1-2,10-11,13H2,3-4H3/b15-7+. The lowest BCUT2D eigenvalue weighted by atomic mass is 10.1. The Bertz CT molecular complexity index is 784. The van der Waals surface area contributed by atoms with Gasteiger partial charge < -0.3 is 15.0 Å². The van der Waals surface area contributed by atoms with E-state index in [2.05, 4.69) is 35.6 Å². The number of aromatic amines is 1. The number of aromatic nitrogens is 1. The van der Waals surface area contributed by atoms with Crippen molar-refractivity contribution in [2.24, 2.45) is 0 Å². The lowest BCUT2D eigenvalue weighted by molar-refractivity contribution is 0.0544. The third kappa shape index (κ3) is 4.03. The fourth-order valence-corrected chi connectivity index (χ4v) is 2.61. The second-order valence-corrected chi connectivity index (χ2v) is 5.62. The van der Waals surface area contributed by atoms with Crippen molar-refractivity contribution < 1.29 is 9.53 Å². The number of allylic oxidation sites excluding steroid dienone is 2. The van der Waals surface area contributed by atoms with Crippen molar-refractivity contribution in [3.63, 3.8) is 0 Å². The summed E-state index contributed by atoms with van der Waals surface area (Å²) in [6, 6.07) is 6.14. The average Bonchev–Trinajstić information content (AvgIpc) is 2.91. The smallest absolute Gasteiger partial charge is 0.340 e. The lowest BCUT2D eigenvalue weighted by Gasteiger charge is -2.06. The zero-order chi connectivity index (χ0) is 17.5. The second-order valence-electron chi connectivity index (χ2n) is 5.62. The minimum Gasteiger partial charge on any atom is -0.457 e. The fraction of sp³-hybridized carbons (Fsp3) is 0.250. The van der Waals surface area contributed by atoms with E-state index in [9.17, 15) is 4.79 Å². The molecule has 126 valence electrons. The van der Waals surface area contributed by atoms with Gasteiger partial charge in [-0.15, -0.1) is 0 Å². The summed E-state index contributed by atoms with van der Waals surface area (Å²) >= 11 is 0. The van der Waals surface area contributed by atoms with Gasteiger partial charge in [0.05, 0.1) is 5.56 Å². The Labute approximate surface area is 142 Å². The van der Waals surface area contributed by atoms with E-state index in [4.69, 9.17) is 4.74 Å². The molecule has 4 heteroatoms. The molecule has 0 saturated carbocycles. The molecule has 0 bridgehead atoms. The minimum atomic E-state index is -0.332. The van der Waals surface area contributed by atoms with Crippen molar-refractivity contribution in [1.29, 1.82) is 0 Å². The summed E-state index contributed by atoms with van der Waals surface area (Å²) in [4.78, 5) is 15.8. The summed E-state index contributed by atoms with van der Waals surface area (Å²) < 4.78 is 5.44. The number of hydrogen-bond donors (Lipinski definition) is 2. The molecule has 2 N–H and O–H groups in total. The van der Waals surface area contributed by atoms with Crippen LogP contribution in [0.3, 0.4) is 0 Å². The van der Waals surface area contributed by atoms with E-state index in [1.165, 1.54) is 5.56 Å². The van der Waals surface area contributed by atoms with E-state index in [0.29, 0.717) is 5.56 Å². The summed E-state index contributed by atoms with van der Waals surface area (Å²) in [5.74, 6) is -0.332. The molecule has 1 aromatic carbocycles. The number of fused-ring (bicyclic) bond motifs is 1. The van der Waals surface area contributed by atoms with Crippen molar-refractivity contribution in [3.05, 3.63) is 72.0 Å². The van der Waals surface area contributed by atoms with E-state index < -0.39 is 0 Å². The topological polar surface area (TPSA) is 54.1 Å². The van der Waals surface area contributed by atoms with Crippen LogP contribution in [0.15, 0.2) is 55.2 Å². The highest BCUT2D eigenvalue weighted by molar-refractivity contribution is 6.05. The molecule has 2 rings (SSSR count). The normalized spacial score (nSPS) is 11.5. The van der Waals surface area contributed by atoms with Gasteiger partial charge in [0.1, 0.15) is 6.61 Å². The van der Waals surface area contributed by atoms with Gasteiger partial charge in [0.25, 0.3) is 0 Å². The molecule has 0 aliphatic rings. The van der Waals surface area contributed by atoms with Gasteiger partial charge in [-0.3, -0.25) is 0 Å². The number of ether oxygens (including phenoxy) is 1. The maximum atomic E-state index is 12.5. The number of likely N-dealkylation sites (N-methyl/N-ethyl adjacent to an activating group) is 1. The molecule has 0 saturated heterocycles. The Morgan fingerprint density at radius 2 is 2.17 bits per heavy atom. The second kappa shape index (κ2) is 8.31. The summed E-state index contributed by atoms with van der Waals surface area (Å²) in [5, 5.41) is 4.04. The first-order chi connectivity index (χ1) is 11.6. The molecule has 24 heavy (non-hydrogen) atoms. The number of carbonyl (C=O) groups is 1. The number of carbonyl (C=O) groups excluding carboxylic acids is 1. The summed E-state index contributed by atoms with van der Waals surface area (Å²) in [6.45, 7) is 10.3. The highest BCUT2D eigenvalue weighted by Crippen LogP contribution is 2.24. The first-order valence-electron chi connectivity index (χ1n) is 7.97. The first-order valence-corrected chi connectivity index (χ1v) is 7.97. The predicted molar refractivity (Wildman–Crippen MR) is 99.4 cm³/mol. The molecule has 0 fully saturated rings. The Kier molecular flexibility index (Phi) is 6.15. The Morgan fingerprint density at radius 3 is 2.83 bits per heavy atom. The van der Waals surface area contributed by atoms with Crippen LogP contribution < -0.4 is 5.32 Å². The van der Waals surface area contributed by atoms with Gasteiger partial charge in [-0.25, -0.2) is 4.79 Å².